The van der Waals surface area contributed by atoms with Gasteiger partial charge in [-0.2, -0.15) is 18.3 Å². The summed E-state index contributed by atoms with van der Waals surface area (Å²) in [5, 5.41) is 3.75. The van der Waals surface area contributed by atoms with Gasteiger partial charge in [0.2, 0.25) is 0 Å². The molecule has 0 amide bonds. The highest BCUT2D eigenvalue weighted by molar-refractivity contribution is 5.63. The minimum atomic E-state index is -4.27. The van der Waals surface area contributed by atoms with Crippen molar-refractivity contribution in [2.75, 3.05) is 6.61 Å². The van der Waals surface area contributed by atoms with Crippen LogP contribution >= 0.6 is 0 Å². The van der Waals surface area contributed by atoms with Crippen molar-refractivity contribution in [2.24, 2.45) is 5.92 Å². The predicted octanol–water partition coefficient (Wildman–Crippen LogP) is 3.90. The molecule has 0 saturated heterocycles. The van der Waals surface area contributed by atoms with Crippen molar-refractivity contribution in [3.8, 4) is 16.9 Å². The molecular formula is C15H15F3N2O. The van der Waals surface area contributed by atoms with Crippen molar-refractivity contribution in [3.05, 3.63) is 36.7 Å². The lowest BCUT2D eigenvalue weighted by Gasteiger charge is -2.07. The Bertz CT molecular complexity index is 617. The number of ether oxygens (including phenoxy) is 1. The monoisotopic (exact) mass is 296 g/mol. The van der Waals surface area contributed by atoms with Crippen molar-refractivity contribution in [3.63, 3.8) is 0 Å². The lowest BCUT2D eigenvalue weighted by Crippen LogP contribution is -2.17. The second-order valence-electron chi connectivity index (χ2n) is 5.32. The Kier molecular flexibility index (Phi) is 3.61. The van der Waals surface area contributed by atoms with E-state index < -0.39 is 12.7 Å². The minimum absolute atomic E-state index is 0.649. The molecule has 0 aliphatic heterocycles. The third-order valence-corrected chi connectivity index (χ3v) is 3.32. The molecule has 0 radical (unpaired) electrons. The summed E-state index contributed by atoms with van der Waals surface area (Å²) in [6.07, 6.45) is 0.992. The Morgan fingerprint density at radius 1 is 1.24 bits per heavy atom. The largest absolute Gasteiger partial charge is 0.493 e. The van der Waals surface area contributed by atoms with Crippen LogP contribution in [0.2, 0.25) is 0 Å². The average Bonchev–Trinajstić information content (AvgIpc) is 3.14. The van der Waals surface area contributed by atoms with Gasteiger partial charge in [-0.1, -0.05) is 12.1 Å². The number of nitrogens with zero attached hydrogens (tertiary/aromatic N) is 2. The Balaban J connectivity index is 1.72. The van der Waals surface area contributed by atoms with Gasteiger partial charge in [0.1, 0.15) is 12.3 Å². The summed E-state index contributed by atoms with van der Waals surface area (Å²) < 4.78 is 43.5. The Morgan fingerprint density at radius 2 is 2.05 bits per heavy atom. The fraction of sp³-hybridized carbons (Fsp3) is 0.400. The second-order valence-corrected chi connectivity index (χ2v) is 5.32. The molecule has 0 N–H and O–H groups in total. The van der Waals surface area contributed by atoms with Crippen LogP contribution in [-0.2, 0) is 6.54 Å². The molecule has 3 nitrogen and oxygen atoms in total. The molecule has 3 rings (SSSR count). The molecule has 112 valence electrons. The number of benzene rings is 1. The van der Waals surface area contributed by atoms with Crippen LogP contribution in [0.1, 0.15) is 12.8 Å². The van der Waals surface area contributed by atoms with Crippen molar-refractivity contribution in [1.82, 2.24) is 9.78 Å². The van der Waals surface area contributed by atoms with E-state index in [1.165, 1.54) is 25.2 Å². The molecule has 1 aliphatic carbocycles. The van der Waals surface area contributed by atoms with E-state index in [2.05, 4.69) is 5.10 Å². The molecular weight excluding hydrogens is 281 g/mol. The smallest absolute Gasteiger partial charge is 0.408 e. The number of halogens is 3. The molecule has 21 heavy (non-hydrogen) atoms. The van der Waals surface area contributed by atoms with Gasteiger partial charge < -0.3 is 4.74 Å². The van der Waals surface area contributed by atoms with Crippen LogP contribution in [0, 0.1) is 5.92 Å². The fourth-order valence-electron chi connectivity index (χ4n) is 2.05. The molecule has 6 heteroatoms. The van der Waals surface area contributed by atoms with Gasteiger partial charge in [-0.3, -0.25) is 4.68 Å². The Morgan fingerprint density at radius 3 is 2.76 bits per heavy atom. The van der Waals surface area contributed by atoms with Crippen molar-refractivity contribution in [2.45, 2.75) is 25.6 Å². The summed E-state index contributed by atoms with van der Waals surface area (Å²) in [6, 6.07) is 7.35. The average molecular weight is 296 g/mol. The molecule has 0 unspecified atom stereocenters. The van der Waals surface area contributed by atoms with Crippen molar-refractivity contribution in [1.29, 1.82) is 0 Å². The molecule has 0 spiro atoms. The highest BCUT2D eigenvalue weighted by Gasteiger charge is 2.28. The molecule has 1 saturated carbocycles. The van der Waals surface area contributed by atoms with E-state index in [9.17, 15) is 13.2 Å². The highest BCUT2D eigenvalue weighted by Crippen LogP contribution is 2.30. The van der Waals surface area contributed by atoms with Crippen LogP contribution in [0.5, 0.6) is 5.75 Å². The third-order valence-electron chi connectivity index (χ3n) is 3.32. The zero-order valence-corrected chi connectivity index (χ0v) is 11.3. The van der Waals surface area contributed by atoms with Crippen molar-refractivity contribution >= 4 is 0 Å². The van der Waals surface area contributed by atoms with Crippen LogP contribution in [0.15, 0.2) is 36.7 Å². The van der Waals surface area contributed by atoms with Gasteiger partial charge in [0.15, 0.2) is 0 Å². The van der Waals surface area contributed by atoms with E-state index in [1.807, 2.05) is 24.3 Å². The fourth-order valence-corrected chi connectivity index (χ4v) is 2.05. The van der Waals surface area contributed by atoms with Crippen LogP contribution in [-0.4, -0.2) is 22.6 Å². The summed E-state index contributed by atoms with van der Waals surface area (Å²) in [7, 11) is 0. The van der Waals surface area contributed by atoms with E-state index in [0.717, 1.165) is 16.0 Å². The molecule has 0 bridgehead atoms. The van der Waals surface area contributed by atoms with E-state index in [-0.39, 0.29) is 0 Å². The molecule has 2 aromatic rings. The molecule has 0 atom stereocenters. The number of hydrogen-bond donors (Lipinski definition) is 0. The summed E-state index contributed by atoms with van der Waals surface area (Å²) in [6.45, 7) is -0.373. The summed E-state index contributed by atoms with van der Waals surface area (Å²) in [5.74, 6) is 1.39. The zero-order chi connectivity index (χ0) is 14.9. The first-order valence-electron chi connectivity index (χ1n) is 6.82. The maximum absolute atomic E-state index is 12.3. The summed E-state index contributed by atoms with van der Waals surface area (Å²) in [5.41, 5.74) is 1.45. The maximum Gasteiger partial charge on any atom is 0.408 e. The highest BCUT2D eigenvalue weighted by atomic mass is 19.4. The number of hydrogen-bond acceptors (Lipinski definition) is 2. The van der Waals surface area contributed by atoms with Gasteiger partial charge in [0.25, 0.3) is 0 Å². The van der Waals surface area contributed by atoms with Crippen LogP contribution in [0.4, 0.5) is 13.2 Å². The molecule has 1 aromatic heterocycles. The molecule has 1 aliphatic rings. The minimum Gasteiger partial charge on any atom is -0.493 e. The van der Waals surface area contributed by atoms with Crippen LogP contribution in [0.3, 0.4) is 0 Å². The van der Waals surface area contributed by atoms with E-state index in [0.29, 0.717) is 18.1 Å². The standard InChI is InChI=1S/C15H15F3N2O/c16-15(17,18)10-20-8-13(7-19-20)12-2-1-3-14(6-12)21-9-11-4-5-11/h1-3,6-8,11H,4-5,9-10H2. The summed E-state index contributed by atoms with van der Waals surface area (Å²) in [4.78, 5) is 0. The lowest BCUT2D eigenvalue weighted by molar-refractivity contribution is -0.142. The number of alkyl halides is 3. The first kappa shape index (κ1) is 14.0. The predicted molar refractivity (Wildman–Crippen MR) is 71.9 cm³/mol. The van der Waals surface area contributed by atoms with Gasteiger partial charge >= 0.3 is 6.18 Å². The van der Waals surface area contributed by atoms with E-state index in [1.54, 1.807) is 0 Å². The van der Waals surface area contributed by atoms with Crippen molar-refractivity contribution < 1.29 is 17.9 Å². The van der Waals surface area contributed by atoms with Gasteiger partial charge in [-0.05, 0) is 36.5 Å². The summed E-state index contributed by atoms with van der Waals surface area (Å²) >= 11 is 0. The first-order valence-corrected chi connectivity index (χ1v) is 6.82. The Labute approximate surface area is 120 Å². The van der Waals surface area contributed by atoms with Gasteiger partial charge in [0, 0.05) is 11.8 Å². The van der Waals surface area contributed by atoms with Gasteiger partial charge in [-0.15, -0.1) is 0 Å². The number of aromatic nitrogens is 2. The first-order chi connectivity index (χ1) is 9.99. The lowest BCUT2D eigenvalue weighted by atomic mass is 10.1. The van der Waals surface area contributed by atoms with Crippen LogP contribution in [0.25, 0.3) is 11.1 Å². The van der Waals surface area contributed by atoms with Crippen LogP contribution < -0.4 is 4.74 Å². The Hall–Kier alpha value is -1.98. The quantitative estimate of drug-likeness (QED) is 0.836. The molecule has 1 heterocycles. The normalized spacial score (nSPS) is 15.2. The maximum atomic E-state index is 12.3. The molecule has 1 fully saturated rings. The van der Waals surface area contributed by atoms with E-state index in [4.69, 9.17) is 4.74 Å². The zero-order valence-electron chi connectivity index (χ0n) is 11.3. The SMILES string of the molecule is FC(F)(F)Cn1cc(-c2cccc(OCC3CC3)c2)cn1. The van der Waals surface area contributed by atoms with Gasteiger partial charge in [0.05, 0.1) is 12.8 Å². The second kappa shape index (κ2) is 5.42. The van der Waals surface area contributed by atoms with E-state index >= 15 is 0 Å². The third kappa shape index (κ3) is 4.00. The van der Waals surface area contributed by atoms with Gasteiger partial charge in [-0.25, -0.2) is 0 Å². The topological polar surface area (TPSA) is 27.1 Å². The number of rotatable bonds is 5. The molecule has 1 aromatic carbocycles.